The minimum absolute atomic E-state index is 0. The first-order valence-electron chi connectivity index (χ1n) is 3.09. The fourth-order valence-electron chi connectivity index (χ4n) is 0.387. The van der Waals surface area contributed by atoms with E-state index in [1.54, 1.807) is 0 Å². The minimum Gasteiger partial charge on any atom is -1.00 e. The van der Waals surface area contributed by atoms with Crippen LogP contribution >= 0.6 is 0 Å². The Balaban J connectivity index is -0.000000845. The van der Waals surface area contributed by atoms with Gasteiger partial charge in [0.2, 0.25) is 0 Å². The summed E-state index contributed by atoms with van der Waals surface area (Å²) in [5.41, 5.74) is 0. The molecule has 0 spiro atoms. The van der Waals surface area contributed by atoms with Crippen molar-refractivity contribution in [3.8, 4) is 0 Å². The van der Waals surface area contributed by atoms with Crippen molar-refractivity contribution in [3.05, 3.63) is 12.2 Å². The average molecular weight is 256 g/mol. The van der Waals surface area contributed by atoms with Crippen LogP contribution in [0.2, 0.25) is 0 Å². The van der Waals surface area contributed by atoms with E-state index in [9.17, 15) is 16.8 Å². The van der Waals surface area contributed by atoms with Crippen molar-refractivity contribution in [3.63, 3.8) is 0 Å². The fourth-order valence-corrected chi connectivity index (χ4v) is 0.888. The van der Waals surface area contributed by atoms with Gasteiger partial charge in [-0.1, -0.05) is 12.2 Å². The number of hydrogen-bond acceptors (Lipinski definition) is 6. The second-order valence-corrected chi connectivity index (χ2v) is 4.08. The van der Waals surface area contributed by atoms with Gasteiger partial charge in [-0.2, -0.15) is 16.8 Å². The topological polar surface area (TPSA) is 127 Å². The maximum Gasteiger partial charge on any atom is 1.00 e. The Morgan fingerprint density at radius 1 is 0.933 bits per heavy atom. The average Bonchev–Trinajstić information content (AvgIpc) is 1.92. The summed E-state index contributed by atoms with van der Waals surface area (Å²) in [7, 11) is -9.00. The van der Waals surface area contributed by atoms with Crippen LogP contribution in [0.5, 0.6) is 0 Å². The van der Waals surface area contributed by atoms with E-state index in [-0.39, 0.29) is 20.3 Å². The maximum atomic E-state index is 9.96. The van der Waals surface area contributed by atoms with Gasteiger partial charge in [0.15, 0.2) is 0 Å². The van der Waals surface area contributed by atoms with Crippen molar-refractivity contribution in [1.82, 2.24) is 0 Å². The summed E-state index contributed by atoms with van der Waals surface area (Å²) < 4.78 is 63.6. The molecule has 0 radical (unpaired) electrons. The normalized spacial score (nSPS) is 12.7. The Labute approximate surface area is 101 Å². The molecule has 15 heavy (non-hydrogen) atoms. The third-order valence-corrected chi connectivity index (χ3v) is 1.66. The molecule has 0 heterocycles. The molecule has 0 aromatic heterocycles. The van der Waals surface area contributed by atoms with Gasteiger partial charge in [-0.15, -0.1) is 0 Å². The van der Waals surface area contributed by atoms with Crippen LogP contribution in [0.4, 0.5) is 0 Å². The van der Waals surface area contributed by atoms with E-state index < -0.39 is 34.0 Å². The zero-order chi connectivity index (χ0) is 11.2. The second kappa shape index (κ2) is 7.37. The first-order valence-corrected chi connectivity index (χ1v) is 5.82. The van der Waals surface area contributed by atoms with Gasteiger partial charge >= 0.3 is 39.7 Å². The molecule has 0 rings (SSSR count). The van der Waals surface area contributed by atoms with Crippen molar-refractivity contribution in [2.75, 3.05) is 13.2 Å². The SMILES string of the molecule is O=S(=O)(O)OC/C=C/COS(=O)(=O)O.[H-].[Li+]. The molecule has 0 saturated carbocycles. The van der Waals surface area contributed by atoms with E-state index in [0.29, 0.717) is 0 Å². The van der Waals surface area contributed by atoms with E-state index in [0.717, 1.165) is 12.2 Å². The zero-order valence-electron chi connectivity index (χ0n) is 8.73. The van der Waals surface area contributed by atoms with E-state index in [4.69, 9.17) is 9.11 Å². The van der Waals surface area contributed by atoms with Gasteiger partial charge in [-0.3, -0.25) is 9.11 Å². The molecule has 0 aliphatic carbocycles. The number of hydrogen-bond donors (Lipinski definition) is 2. The fraction of sp³-hybridized carbons (Fsp3) is 0.500. The summed E-state index contributed by atoms with van der Waals surface area (Å²) >= 11 is 0. The summed E-state index contributed by atoms with van der Waals surface area (Å²) in [5, 5.41) is 0. The largest absolute Gasteiger partial charge is 1.00 e. The Kier molecular flexibility index (Phi) is 8.58. The molecule has 0 atom stereocenters. The summed E-state index contributed by atoms with van der Waals surface area (Å²) in [6.45, 7) is -0.929. The van der Waals surface area contributed by atoms with Crippen LogP contribution in [0.3, 0.4) is 0 Å². The Bertz CT molecular complexity index is 348. The summed E-state index contributed by atoms with van der Waals surface area (Å²) in [4.78, 5) is 0. The van der Waals surface area contributed by atoms with Crippen molar-refractivity contribution in [2.24, 2.45) is 0 Å². The van der Waals surface area contributed by atoms with Crippen LogP contribution in [0.1, 0.15) is 1.43 Å². The van der Waals surface area contributed by atoms with Gasteiger partial charge in [0, 0.05) is 0 Å². The Hall–Kier alpha value is 0.0774. The zero-order valence-corrected chi connectivity index (χ0v) is 9.36. The van der Waals surface area contributed by atoms with Crippen LogP contribution in [0, 0.1) is 0 Å². The molecule has 0 aliphatic rings. The molecule has 0 aromatic carbocycles. The third-order valence-electron chi connectivity index (χ3n) is 0.793. The molecule has 0 bridgehead atoms. The molecule has 0 amide bonds. The quantitative estimate of drug-likeness (QED) is 0.282. The standard InChI is InChI=1S/C4H8O8S2.Li.H/c5-13(6,7)11-3-1-2-4-12-14(8,9)10;;/h1-2H,3-4H2,(H,5,6,7)(H,8,9,10);;/q;+1;-1/b2-1+;;. The minimum atomic E-state index is -4.50. The predicted molar refractivity (Wildman–Crippen MR) is 45.3 cm³/mol. The Morgan fingerprint density at radius 3 is 1.40 bits per heavy atom. The van der Waals surface area contributed by atoms with E-state index >= 15 is 0 Å². The van der Waals surface area contributed by atoms with Gasteiger partial charge in [-0.25, -0.2) is 8.37 Å². The van der Waals surface area contributed by atoms with E-state index in [1.807, 2.05) is 0 Å². The molecule has 2 N–H and O–H groups in total. The molecule has 0 saturated heterocycles. The van der Waals surface area contributed by atoms with Crippen molar-refractivity contribution in [1.29, 1.82) is 0 Å². The molecule has 0 unspecified atom stereocenters. The van der Waals surface area contributed by atoms with Crippen LogP contribution in [0.15, 0.2) is 12.2 Å². The summed E-state index contributed by atoms with van der Waals surface area (Å²) in [6, 6.07) is 0. The second-order valence-electron chi connectivity index (χ2n) is 1.90. The van der Waals surface area contributed by atoms with E-state index in [2.05, 4.69) is 8.37 Å². The summed E-state index contributed by atoms with van der Waals surface area (Å²) in [5.74, 6) is 0. The smallest absolute Gasteiger partial charge is 1.00 e. The molecule has 8 nitrogen and oxygen atoms in total. The monoisotopic (exact) mass is 256 g/mol. The molecule has 0 aliphatic heterocycles. The van der Waals surface area contributed by atoms with Crippen LogP contribution < -0.4 is 18.9 Å². The molecule has 11 heteroatoms. The van der Waals surface area contributed by atoms with Crippen LogP contribution in [0.25, 0.3) is 0 Å². The molecule has 0 aromatic rings. The molecule has 0 fully saturated rings. The summed E-state index contributed by atoms with van der Waals surface area (Å²) in [6.07, 6.45) is 2.16. The van der Waals surface area contributed by atoms with Gasteiger partial charge < -0.3 is 1.43 Å². The van der Waals surface area contributed by atoms with Crippen LogP contribution in [-0.4, -0.2) is 39.2 Å². The first kappa shape index (κ1) is 17.5. The number of rotatable bonds is 6. The van der Waals surface area contributed by atoms with Gasteiger partial charge in [-0.05, 0) is 0 Å². The van der Waals surface area contributed by atoms with Gasteiger partial charge in [0.1, 0.15) is 0 Å². The van der Waals surface area contributed by atoms with Crippen LogP contribution in [-0.2, 0) is 29.2 Å². The van der Waals surface area contributed by atoms with Crippen molar-refractivity contribution in [2.45, 2.75) is 0 Å². The van der Waals surface area contributed by atoms with Gasteiger partial charge in [0.25, 0.3) is 0 Å². The third kappa shape index (κ3) is 16.7. The first-order chi connectivity index (χ1) is 6.21. The molecular formula is C4H9LiO8S2. The van der Waals surface area contributed by atoms with Gasteiger partial charge in [0.05, 0.1) is 13.2 Å². The Morgan fingerprint density at radius 2 is 1.20 bits per heavy atom. The van der Waals surface area contributed by atoms with Crippen molar-refractivity contribution >= 4 is 20.8 Å². The molecule has 86 valence electrons. The van der Waals surface area contributed by atoms with E-state index in [1.165, 1.54) is 0 Å². The van der Waals surface area contributed by atoms with Crippen molar-refractivity contribution < 1.29 is 54.6 Å². The molecular weight excluding hydrogens is 247 g/mol. The predicted octanol–water partition coefficient (Wildman–Crippen LogP) is -3.70. The maximum absolute atomic E-state index is 9.96.